The first-order valence-electron chi connectivity index (χ1n) is 5.53. The molecule has 0 atom stereocenters. The van der Waals surface area contributed by atoms with E-state index in [0.717, 1.165) is 23.9 Å². The van der Waals surface area contributed by atoms with Crippen molar-refractivity contribution in [2.75, 3.05) is 27.2 Å². The van der Waals surface area contributed by atoms with Crippen molar-refractivity contribution in [2.45, 2.75) is 10.8 Å². The quantitative estimate of drug-likeness (QED) is 0.708. The molecular formula is C10H17IN4O2S2. The largest absolute Gasteiger partial charge is 0.355 e. The summed E-state index contributed by atoms with van der Waals surface area (Å²) in [4.78, 5) is 5.17. The second kappa shape index (κ2) is 6.86. The molecule has 1 aromatic rings. The standard InChI is InChI=1S/C10H16N4O2S2.HI/c1-14(2)18(15,16)9-4-3-8(17-9)7-13-10-11-5-6-12-10;/h3-4H,5-7H2,1-2H3,(H2,11,12,13);1H. The minimum absolute atomic E-state index is 0. The van der Waals surface area contributed by atoms with Crippen molar-refractivity contribution in [3.05, 3.63) is 17.0 Å². The minimum Gasteiger partial charge on any atom is -0.355 e. The van der Waals surface area contributed by atoms with Gasteiger partial charge in [0.15, 0.2) is 5.96 Å². The van der Waals surface area contributed by atoms with Crippen LogP contribution in [0.25, 0.3) is 0 Å². The molecule has 0 saturated heterocycles. The Kier molecular flexibility index (Phi) is 6.02. The number of hydrogen-bond acceptors (Lipinski definition) is 6. The zero-order chi connectivity index (χ0) is 13.2. The molecule has 1 aliphatic rings. The summed E-state index contributed by atoms with van der Waals surface area (Å²) in [7, 11) is -0.251. The lowest BCUT2D eigenvalue weighted by atomic mass is 10.5. The summed E-state index contributed by atoms with van der Waals surface area (Å²) in [6, 6.07) is 3.46. The van der Waals surface area contributed by atoms with Crippen LogP contribution in [0.1, 0.15) is 4.88 Å². The molecule has 0 fully saturated rings. The average Bonchev–Trinajstić information content (AvgIpc) is 2.97. The highest BCUT2D eigenvalue weighted by Crippen LogP contribution is 2.23. The van der Waals surface area contributed by atoms with Crippen molar-refractivity contribution >= 4 is 51.3 Å². The van der Waals surface area contributed by atoms with E-state index in [2.05, 4.69) is 15.6 Å². The number of rotatable bonds is 4. The van der Waals surface area contributed by atoms with E-state index in [0.29, 0.717) is 10.8 Å². The lowest BCUT2D eigenvalue weighted by Gasteiger charge is -2.08. The molecule has 0 radical (unpaired) electrons. The molecule has 2 rings (SSSR count). The summed E-state index contributed by atoms with van der Waals surface area (Å²) in [5.74, 6) is 0.778. The maximum absolute atomic E-state index is 11.9. The first-order chi connectivity index (χ1) is 8.50. The molecule has 2 heterocycles. The molecule has 0 aromatic carbocycles. The van der Waals surface area contributed by atoms with Crippen LogP contribution >= 0.6 is 35.3 Å². The Labute approximate surface area is 134 Å². The van der Waals surface area contributed by atoms with Crippen molar-refractivity contribution in [1.29, 1.82) is 0 Å². The first-order valence-corrected chi connectivity index (χ1v) is 7.79. The normalized spacial score (nSPS) is 14.8. The van der Waals surface area contributed by atoms with Crippen molar-refractivity contribution in [2.24, 2.45) is 4.99 Å². The molecule has 1 aliphatic heterocycles. The summed E-state index contributed by atoms with van der Waals surface area (Å²) >= 11 is 1.28. The number of sulfonamides is 1. The van der Waals surface area contributed by atoms with Crippen molar-refractivity contribution in [3.8, 4) is 0 Å². The number of hydrogen-bond donors (Lipinski definition) is 2. The van der Waals surface area contributed by atoms with Crippen LogP contribution in [0.3, 0.4) is 0 Å². The van der Waals surface area contributed by atoms with Gasteiger partial charge in [-0.3, -0.25) is 4.99 Å². The summed E-state index contributed by atoms with van der Waals surface area (Å²) in [6.45, 7) is 2.22. The van der Waals surface area contributed by atoms with Crippen LogP contribution in [0.2, 0.25) is 0 Å². The molecular weight excluding hydrogens is 399 g/mol. The second-order valence-corrected chi connectivity index (χ2v) is 7.57. The number of nitrogens with one attached hydrogen (secondary N) is 2. The van der Waals surface area contributed by atoms with E-state index >= 15 is 0 Å². The van der Waals surface area contributed by atoms with Gasteiger partial charge in [0.2, 0.25) is 0 Å². The Morgan fingerprint density at radius 2 is 2.21 bits per heavy atom. The van der Waals surface area contributed by atoms with Crippen LogP contribution < -0.4 is 10.6 Å². The van der Waals surface area contributed by atoms with Crippen molar-refractivity contribution in [3.63, 3.8) is 0 Å². The SMILES string of the molecule is CN(C)S(=O)(=O)c1ccc(CNC2=NCCN2)s1.I. The number of halogens is 1. The fourth-order valence-electron chi connectivity index (χ4n) is 1.46. The monoisotopic (exact) mass is 416 g/mol. The van der Waals surface area contributed by atoms with Gasteiger partial charge in [-0.1, -0.05) is 0 Å². The van der Waals surface area contributed by atoms with Gasteiger partial charge in [-0.05, 0) is 12.1 Å². The minimum atomic E-state index is -3.32. The van der Waals surface area contributed by atoms with Gasteiger partial charge in [0.05, 0.1) is 13.1 Å². The molecule has 0 bridgehead atoms. The van der Waals surface area contributed by atoms with Crippen LogP contribution in [0.15, 0.2) is 21.3 Å². The average molecular weight is 416 g/mol. The van der Waals surface area contributed by atoms with Gasteiger partial charge in [0, 0.05) is 25.5 Å². The van der Waals surface area contributed by atoms with Crippen LogP contribution in [-0.4, -0.2) is 45.9 Å². The number of guanidine groups is 1. The lowest BCUT2D eigenvalue weighted by molar-refractivity contribution is 0.523. The van der Waals surface area contributed by atoms with Crippen LogP contribution in [0, 0.1) is 0 Å². The third kappa shape index (κ3) is 4.04. The molecule has 0 spiro atoms. The molecule has 0 unspecified atom stereocenters. The fourth-order valence-corrected chi connectivity index (χ4v) is 3.92. The van der Waals surface area contributed by atoms with Gasteiger partial charge in [0.1, 0.15) is 4.21 Å². The van der Waals surface area contributed by atoms with E-state index in [1.807, 2.05) is 6.07 Å². The first kappa shape index (κ1) is 16.7. The summed E-state index contributed by atoms with van der Waals surface area (Å²) in [5, 5.41) is 6.23. The molecule has 2 N–H and O–H groups in total. The van der Waals surface area contributed by atoms with E-state index < -0.39 is 10.0 Å². The van der Waals surface area contributed by atoms with E-state index in [1.54, 1.807) is 6.07 Å². The highest BCUT2D eigenvalue weighted by atomic mass is 127. The zero-order valence-electron chi connectivity index (χ0n) is 10.7. The third-order valence-electron chi connectivity index (χ3n) is 2.48. The van der Waals surface area contributed by atoms with Gasteiger partial charge >= 0.3 is 0 Å². The highest BCUT2D eigenvalue weighted by Gasteiger charge is 2.19. The van der Waals surface area contributed by atoms with Crippen LogP contribution in [0.5, 0.6) is 0 Å². The summed E-state index contributed by atoms with van der Waals surface area (Å²) in [5.41, 5.74) is 0. The van der Waals surface area contributed by atoms with E-state index in [9.17, 15) is 8.42 Å². The molecule has 0 aliphatic carbocycles. The number of aliphatic imine (C=N–C) groups is 1. The van der Waals surface area contributed by atoms with Crippen LogP contribution in [-0.2, 0) is 16.6 Å². The van der Waals surface area contributed by atoms with Crippen molar-refractivity contribution < 1.29 is 8.42 Å². The Morgan fingerprint density at radius 1 is 1.47 bits per heavy atom. The lowest BCUT2D eigenvalue weighted by Crippen LogP contribution is -2.32. The molecule has 6 nitrogen and oxygen atoms in total. The Bertz CT molecular complexity index is 554. The van der Waals surface area contributed by atoms with Gasteiger partial charge in [-0.15, -0.1) is 35.3 Å². The topological polar surface area (TPSA) is 73.8 Å². The number of thiophene rings is 1. The molecule has 9 heteroatoms. The highest BCUT2D eigenvalue weighted by molar-refractivity contribution is 14.0. The summed E-state index contributed by atoms with van der Waals surface area (Å²) in [6.07, 6.45) is 0. The van der Waals surface area contributed by atoms with E-state index in [4.69, 9.17) is 0 Å². The molecule has 1 aromatic heterocycles. The maximum atomic E-state index is 11.9. The molecule has 19 heavy (non-hydrogen) atoms. The van der Waals surface area contributed by atoms with Crippen LogP contribution in [0.4, 0.5) is 0 Å². The molecule has 0 saturated carbocycles. The number of nitrogens with zero attached hydrogens (tertiary/aromatic N) is 2. The predicted octanol–water partition coefficient (Wildman–Crippen LogP) is 0.665. The van der Waals surface area contributed by atoms with Gasteiger partial charge in [0.25, 0.3) is 10.0 Å². The van der Waals surface area contributed by atoms with Gasteiger partial charge in [-0.25, -0.2) is 12.7 Å². The Hall–Kier alpha value is -0.390. The zero-order valence-corrected chi connectivity index (χ0v) is 14.7. The molecule has 108 valence electrons. The Morgan fingerprint density at radius 3 is 2.79 bits per heavy atom. The predicted molar refractivity (Wildman–Crippen MR) is 87.8 cm³/mol. The smallest absolute Gasteiger partial charge is 0.252 e. The van der Waals surface area contributed by atoms with E-state index in [1.165, 1.54) is 29.7 Å². The van der Waals surface area contributed by atoms with Crippen molar-refractivity contribution in [1.82, 2.24) is 14.9 Å². The maximum Gasteiger partial charge on any atom is 0.252 e. The Balaban J connectivity index is 0.00000180. The third-order valence-corrected chi connectivity index (χ3v) is 5.84. The molecule has 0 amide bonds. The van der Waals surface area contributed by atoms with E-state index in [-0.39, 0.29) is 24.0 Å². The second-order valence-electron chi connectivity index (χ2n) is 4.02. The summed E-state index contributed by atoms with van der Waals surface area (Å²) < 4.78 is 25.4. The fraction of sp³-hybridized carbons (Fsp3) is 0.500. The van der Waals surface area contributed by atoms with Gasteiger partial charge < -0.3 is 10.6 Å². The van der Waals surface area contributed by atoms with Gasteiger partial charge in [-0.2, -0.15) is 0 Å².